The molecule has 0 spiro atoms. The number of carbonyl (C=O) groups excluding carboxylic acids is 2. The number of hydrogen-bond donors (Lipinski definition) is 0. The van der Waals surface area contributed by atoms with Gasteiger partial charge < -0.3 is 9.47 Å². The van der Waals surface area contributed by atoms with Crippen LogP contribution in [0.3, 0.4) is 0 Å². The van der Waals surface area contributed by atoms with E-state index in [4.69, 9.17) is 9.47 Å². The molecule has 0 atom stereocenters. The first-order valence-corrected chi connectivity index (χ1v) is 9.03. The summed E-state index contributed by atoms with van der Waals surface area (Å²) in [5, 5.41) is 21.7. The van der Waals surface area contributed by atoms with Crippen LogP contribution in [0.15, 0.2) is 41.3 Å². The van der Waals surface area contributed by atoms with Gasteiger partial charge in [0.2, 0.25) is 5.75 Å². The molecule has 0 bridgehead atoms. The summed E-state index contributed by atoms with van der Waals surface area (Å²) < 4.78 is 10.8. The highest BCUT2D eigenvalue weighted by atomic mass is 32.2. The molecular weight excluding hydrogens is 418 g/mol. The van der Waals surface area contributed by atoms with Gasteiger partial charge in [-0.3, -0.25) is 34.7 Å². The third-order valence-corrected chi connectivity index (χ3v) is 5.00. The number of ether oxygens (including phenoxy) is 2. The topological polar surface area (TPSA) is 142 Å². The Labute approximate surface area is 173 Å². The minimum Gasteiger partial charge on any atom is -0.493 e. The molecule has 2 amide bonds. The van der Waals surface area contributed by atoms with Gasteiger partial charge in [0, 0.05) is 13.1 Å². The van der Waals surface area contributed by atoms with Gasteiger partial charge in [-0.15, -0.1) is 0 Å². The largest absolute Gasteiger partial charge is 0.493 e. The van der Waals surface area contributed by atoms with Crippen LogP contribution < -0.4 is 9.47 Å². The molecular formula is C18H13N3O8S. The van der Waals surface area contributed by atoms with Crippen LogP contribution in [0.1, 0.15) is 5.56 Å². The van der Waals surface area contributed by atoms with E-state index in [0.29, 0.717) is 5.56 Å². The summed E-state index contributed by atoms with van der Waals surface area (Å²) >= 11 is 0.802. The SMILES string of the molecule is COc1cc(C=C2SC(=O)N(C)C2=O)ccc1Oc1ccc([N+](=O)[O-])cc1[N+](=O)[O-]. The van der Waals surface area contributed by atoms with Crippen molar-refractivity contribution in [2.45, 2.75) is 0 Å². The number of thioether (sulfide) groups is 1. The maximum Gasteiger partial charge on any atom is 0.318 e. The fourth-order valence-corrected chi connectivity index (χ4v) is 3.35. The quantitative estimate of drug-likeness (QED) is 0.377. The molecule has 0 radical (unpaired) electrons. The number of benzene rings is 2. The lowest BCUT2D eigenvalue weighted by Crippen LogP contribution is -2.22. The molecule has 1 saturated heterocycles. The van der Waals surface area contributed by atoms with Gasteiger partial charge in [-0.05, 0) is 41.6 Å². The summed E-state index contributed by atoms with van der Waals surface area (Å²) in [6.07, 6.45) is 1.51. The number of nitro benzene ring substituents is 2. The Morgan fingerprint density at radius 1 is 1.00 bits per heavy atom. The zero-order chi connectivity index (χ0) is 22.0. The zero-order valence-corrected chi connectivity index (χ0v) is 16.4. The Balaban J connectivity index is 1.93. The fourth-order valence-electron chi connectivity index (χ4n) is 2.52. The first kappa shape index (κ1) is 20.8. The van der Waals surface area contributed by atoms with Gasteiger partial charge in [-0.1, -0.05) is 6.07 Å². The van der Waals surface area contributed by atoms with Gasteiger partial charge in [0.25, 0.3) is 16.8 Å². The van der Waals surface area contributed by atoms with Gasteiger partial charge in [-0.2, -0.15) is 0 Å². The number of amides is 2. The van der Waals surface area contributed by atoms with E-state index in [9.17, 15) is 29.8 Å². The van der Waals surface area contributed by atoms with E-state index in [1.807, 2.05) is 0 Å². The predicted molar refractivity (Wildman–Crippen MR) is 107 cm³/mol. The average Bonchev–Trinajstić information content (AvgIpc) is 2.95. The van der Waals surface area contributed by atoms with Crippen LogP contribution in [0, 0.1) is 20.2 Å². The van der Waals surface area contributed by atoms with E-state index in [2.05, 4.69) is 0 Å². The third-order valence-electron chi connectivity index (χ3n) is 4.04. The molecule has 30 heavy (non-hydrogen) atoms. The number of nitro groups is 2. The molecule has 3 rings (SSSR count). The van der Waals surface area contributed by atoms with Crippen LogP contribution in [0.5, 0.6) is 17.2 Å². The second kappa shape index (κ2) is 8.21. The minimum atomic E-state index is -0.788. The maximum absolute atomic E-state index is 12.0. The van der Waals surface area contributed by atoms with E-state index in [1.54, 1.807) is 6.07 Å². The second-order valence-corrected chi connectivity index (χ2v) is 6.91. The first-order valence-electron chi connectivity index (χ1n) is 8.21. The lowest BCUT2D eigenvalue weighted by atomic mass is 10.2. The fraction of sp³-hybridized carbons (Fsp3) is 0.111. The number of carbonyl (C=O) groups is 2. The molecule has 12 heteroatoms. The summed E-state index contributed by atoms with van der Waals surface area (Å²) in [5.41, 5.74) is -0.482. The lowest BCUT2D eigenvalue weighted by Gasteiger charge is -2.11. The van der Waals surface area contributed by atoms with Crippen LogP contribution in [0.4, 0.5) is 16.2 Å². The zero-order valence-electron chi connectivity index (χ0n) is 15.6. The average molecular weight is 431 g/mol. The third kappa shape index (κ3) is 4.07. The van der Waals surface area contributed by atoms with Crippen molar-refractivity contribution in [2.75, 3.05) is 14.2 Å². The van der Waals surface area contributed by atoms with Crippen molar-refractivity contribution in [3.8, 4) is 17.2 Å². The monoisotopic (exact) mass is 431 g/mol. The number of hydrogen-bond acceptors (Lipinski definition) is 9. The predicted octanol–water partition coefficient (Wildman–Crippen LogP) is 3.97. The number of rotatable bonds is 6. The Morgan fingerprint density at radius 2 is 1.70 bits per heavy atom. The van der Waals surface area contributed by atoms with Crippen LogP contribution >= 0.6 is 11.8 Å². The van der Waals surface area contributed by atoms with Crippen molar-refractivity contribution >= 4 is 40.4 Å². The summed E-state index contributed by atoms with van der Waals surface area (Å²) in [4.78, 5) is 45.4. The van der Waals surface area contributed by atoms with Crippen molar-refractivity contribution in [3.05, 3.63) is 67.1 Å². The highest BCUT2D eigenvalue weighted by molar-refractivity contribution is 8.18. The van der Waals surface area contributed by atoms with E-state index < -0.39 is 27.1 Å². The Morgan fingerprint density at radius 3 is 2.27 bits per heavy atom. The highest BCUT2D eigenvalue weighted by Crippen LogP contribution is 2.39. The summed E-state index contributed by atoms with van der Waals surface area (Å²) in [6, 6.07) is 7.57. The highest BCUT2D eigenvalue weighted by Gasteiger charge is 2.31. The number of likely N-dealkylation sites (N-methyl/N-ethyl adjacent to an activating group) is 1. The van der Waals surface area contributed by atoms with Gasteiger partial charge >= 0.3 is 5.69 Å². The number of non-ortho nitro benzene ring substituents is 1. The number of methoxy groups -OCH3 is 1. The maximum atomic E-state index is 12.0. The van der Waals surface area contributed by atoms with Crippen molar-refractivity contribution in [3.63, 3.8) is 0 Å². The normalized spacial score (nSPS) is 14.9. The van der Waals surface area contributed by atoms with Gasteiger partial charge in [0.05, 0.1) is 27.9 Å². The molecule has 0 N–H and O–H groups in total. The molecule has 0 aliphatic carbocycles. The molecule has 154 valence electrons. The molecule has 11 nitrogen and oxygen atoms in total. The van der Waals surface area contributed by atoms with Crippen LogP contribution in [0.25, 0.3) is 6.08 Å². The molecule has 0 aromatic heterocycles. The molecule has 1 heterocycles. The van der Waals surface area contributed by atoms with Crippen molar-refractivity contribution in [2.24, 2.45) is 0 Å². The lowest BCUT2D eigenvalue weighted by molar-refractivity contribution is -0.394. The Bertz CT molecular complexity index is 1110. The number of nitrogens with zero attached hydrogens (tertiary/aromatic N) is 3. The summed E-state index contributed by atoms with van der Waals surface area (Å²) in [6.45, 7) is 0. The summed E-state index contributed by atoms with van der Waals surface area (Å²) in [5.74, 6) is -0.308. The molecule has 2 aromatic carbocycles. The van der Waals surface area contributed by atoms with E-state index in [-0.39, 0.29) is 27.4 Å². The molecule has 2 aromatic rings. The first-order chi connectivity index (χ1) is 14.2. The van der Waals surface area contributed by atoms with E-state index in [0.717, 1.165) is 34.9 Å². The summed E-state index contributed by atoms with van der Waals surface area (Å²) in [7, 11) is 2.74. The van der Waals surface area contributed by atoms with Crippen LogP contribution in [-0.2, 0) is 4.79 Å². The number of imide groups is 1. The molecule has 0 unspecified atom stereocenters. The molecule has 1 aliphatic heterocycles. The van der Waals surface area contributed by atoms with Crippen LogP contribution in [0.2, 0.25) is 0 Å². The van der Waals surface area contributed by atoms with E-state index >= 15 is 0 Å². The Hall–Kier alpha value is -3.93. The smallest absolute Gasteiger partial charge is 0.318 e. The minimum absolute atomic E-state index is 0.121. The second-order valence-electron chi connectivity index (χ2n) is 5.92. The van der Waals surface area contributed by atoms with Gasteiger partial charge in [0.15, 0.2) is 11.5 Å². The molecule has 0 saturated carbocycles. The Kier molecular flexibility index (Phi) is 5.69. The molecule has 1 aliphatic rings. The molecule has 1 fully saturated rings. The van der Waals surface area contributed by atoms with E-state index in [1.165, 1.54) is 32.4 Å². The van der Waals surface area contributed by atoms with Crippen molar-refractivity contribution in [1.29, 1.82) is 0 Å². The standard InChI is InChI=1S/C18H13N3O8S/c1-19-17(22)16(30-18(19)23)8-10-3-5-14(15(7-10)28-2)29-13-6-4-11(20(24)25)9-12(13)21(26)27/h3-9H,1-2H3. The van der Waals surface area contributed by atoms with Crippen molar-refractivity contribution < 1.29 is 28.9 Å². The van der Waals surface area contributed by atoms with Gasteiger partial charge in [0.1, 0.15) is 0 Å². The van der Waals surface area contributed by atoms with Crippen LogP contribution in [-0.4, -0.2) is 40.1 Å². The van der Waals surface area contributed by atoms with Crippen molar-refractivity contribution in [1.82, 2.24) is 4.90 Å². The van der Waals surface area contributed by atoms with Gasteiger partial charge in [-0.25, -0.2) is 0 Å².